The van der Waals surface area contributed by atoms with Crippen LogP contribution in [-0.4, -0.2) is 38.7 Å². The van der Waals surface area contributed by atoms with Crippen molar-refractivity contribution in [1.29, 1.82) is 0 Å². The summed E-state index contributed by atoms with van der Waals surface area (Å²) in [5.41, 5.74) is 5.21. The van der Waals surface area contributed by atoms with E-state index in [-0.39, 0.29) is 12.4 Å². The van der Waals surface area contributed by atoms with Crippen LogP contribution in [0.5, 0.6) is 5.75 Å². The lowest BCUT2D eigenvalue weighted by atomic mass is 10.1. The van der Waals surface area contributed by atoms with Crippen LogP contribution < -0.4 is 10.5 Å². The molecule has 0 heterocycles. The van der Waals surface area contributed by atoms with E-state index in [1.807, 2.05) is 19.0 Å². The van der Waals surface area contributed by atoms with Crippen LogP contribution in [0.25, 0.3) is 0 Å². The Morgan fingerprint density at radius 2 is 1.95 bits per heavy atom. The Hall–Kier alpha value is -1.27. The molecule has 2 N–H and O–H groups in total. The van der Waals surface area contributed by atoms with Crippen molar-refractivity contribution < 1.29 is 17.9 Å². The van der Waals surface area contributed by atoms with Crippen molar-refractivity contribution in [2.45, 2.75) is 19.0 Å². The van der Waals surface area contributed by atoms with Gasteiger partial charge in [-0.2, -0.15) is 13.2 Å². The Bertz CT molecular complexity index is 419. The van der Waals surface area contributed by atoms with E-state index in [1.165, 1.54) is 6.07 Å². The van der Waals surface area contributed by atoms with Gasteiger partial charge in [0.05, 0.1) is 12.2 Å². The van der Waals surface area contributed by atoms with Gasteiger partial charge in [0, 0.05) is 6.54 Å². The molecule has 6 heteroatoms. The molecule has 20 heavy (non-hydrogen) atoms. The number of rotatable bonds is 7. The lowest BCUT2D eigenvalue weighted by Gasteiger charge is -2.16. The molecule has 3 nitrogen and oxygen atoms in total. The standard InChI is InChI=1S/C14H21F3N2O/c1-19(2)8-3-9-20-13-5-4-11(6-7-18)10-12(13)14(15,16)17/h4-5,10H,3,6-9,18H2,1-2H3. The Morgan fingerprint density at radius 3 is 2.50 bits per heavy atom. The second-order valence-electron chi connectivity index (χ2n) is 4.87. The molecule has 0 bridgehead atoms. The number of alkyl halides is 3. The average Bonchev–Trinajstić information content (AvgIpc) is 2.34. The maximum absolute atomic E-state index is 13.0. The summed E-state index contributed by atoms with van der Waals surface area (Å²) in [6, 6.07) is 4.13. The minimum atomic E-state index is -4.42. The summed E-state index contributed by atoms with van der Waals surface area (Å²) in [6.07, 6.45) is -3.32. The van der Waals surface area contributed by atoms with Crippen LogP contribution in [0.2, 0.25) is 0 Å². The average molecular weight is 290 g/mol. The molecule has 0 radical (unpaired) electrons. The molecule has 0 atom stereocenters. The van der Waals surface area contributed by atoms with Gasteiger partial charge >= 0.3 is 6.18 Å². The molecule has 1 aromatic rings. The van der Waals surface area contributed by atoms with Gasteiger partial charge in [0.25, 0.3) is 0 Å². The fourth-order valence-electron chi connectivity index (χ4n) is 1.81. The topological polar surface area (TPSA) is 38.5 Å². The summed E-state index contributed by atoms with van der Waals surface area (Å²) in [5.74, 6) is -0.114. The van der Waals surface area contributed by atoms with E-state index >= 15 is 0 Å². The zero-order chi connectivity index (χ0) is 15.2. The summed E-state index contributed by atoms with van der Waals surface area (Å²) in [4.78, 5) is 1.96. The van der Waals surface area contributed by atoms with E-state index in [1.54, 1.807) is 6.07 Å². The summed E-state index contributed by atoms with van der Waals surface area (Å²) < 4.78 is 44.2. The molecule has 0 saturated carbocycles. The number of halogens is 3. The van der Waals surface area contributed by atoms with E-state index in [4.69, 9.17) is 10.5 Å². The Labute approximate surface area is 117 Å². The smallest absolute Gasteiger partial charge is 0.419 e. The molecule has 1 rings (SSSR count). The van der Waals surface area contributed by atoms with Crippen LogP contribution in [0.15, 0.2) is 18.2 Å². The first-order valence-corrected chi connectivity index (χ1v) is 6.52. The van der Waals surface area contributed by atoms with Crippen LogP contribution in [-0.2, 0) is 12.6 Å². The largest absolute Gasteiger partial charge is 0.493 e. The molecule has 0 fully saturated rings. The van der Waals surface area contributed by atoms with Crippen LogP contribution in [0.1, 0.15) is 17.5 Å². The minimum absolute atomic E-state index is 0.114. The summed E-state index contributed by atoms with van der Waals surface area (Å²) in [5, 5.41) is 0. The number of hydrogen-bond acceptors (Lipinski definition) is 3. The second kappa shape index (κ2) is 7.50. The third-order valence-corrected chi connectivity index (χ3v) is 2.79. The van der Waals surface area contributed by atoms with Crippen molar-refractivity contribution in [3.63, 3.8) is 0 Å². The number of nitrogens with zero attached hydrogens (tertiary/aromatic N) is 1. The SMILES string of the molecule is CN(C)CCCOc1ccc(CCN)cc1C(F)(F)F. The Morgan fingerprint density at radius 1 is 1.25 bits per heavy atom. The van der Waals surface area contributed by atoms with Crippen molar-refractivity contribution in [3.05, 3.63) is 29.3 Å². The van der Waals surface area contributed by atoms with E-state index in [0.717, 1.165) is 12.6 Å². The molecule has 0 spiro atoms. The fourth-order valence-corrected chi connectivity index (χ4v) is 1.81. The van der Waals surface area contributed by atoms with Crippen molar-refractivity contribution in [2.24, 2.45) is 5.73 Å². The Kier molecular flexibility index (Phi) is 6.29. The predicted molar refractivity (Wildman–Crippen MR) is 72.9 cm³/mol. The zero-order valence-electron chi connectivity index (χ0n) is 11.8. The highest BCUT2D eigenvalue weighted by atomic mass is 19.4. The van der Waals surface area contributed by atoms with Crippen LogP contribution in [0, 0.1) is 0 Å². The van der Waals surface area contributed by atoms with Gasteiger partial charge < -0.3 is 15.4 Å². The summed E-state index contributed by atoms with van der Waals surface area (Å²) >= 11 is 0. The third kappa shape index (κ3) is 5.38. The molecule has 0 unspecified atom stereocenters. The first-order valence-electron chi connectivity index (χ1n) is 6.52. The lowest BCUT2D eigenvalue weighted by molar-refractivity contribution is -0.139. The van der Waals surface area contributed by atoms with Crippen molar-refractivity contribution in [1.82, 2.24) is 4.90 Å². The van der Waals surface area contributed by atoms with Gasteiger partial charge in [-0.05, 0) is 51.2 Å². The number of benzene rings is 1. The van der Waals surface area contributed by atoms with E-state index in [9.17, 15) is 13.2 Å². The molecule has 1 aromatic carbocycles. The van der Waals surface area contributed by atoms with E-state index in [0.29, 0.717) is 24.9 Å². The second-order valence-corrected chi connectivity index (χ2v) is 4.87. The molecule has 0 amide bonds. The van der Waals surface area contributed by atoms with Gasteiger partial charge in [-0.1, -0.05) is 6.07 Å². The van der Waals surface area contributed by atoms with E-state index in [2.05, 4.69) is 0 Å². The first-order chi connectivity index (χ1) is 9.34. The van der Waals surface area contributed by atoms with E-state index < -0.39 is 11.7 Å². The molecule has 0 aromatic heterocycles. The molecule has 0 saturated heterocycles. The zero-order valence-corrected chi connectivity index (χ0v) is 11.8. The predicted octanol–water partition coefficient (Wildman–Crippen LogP) is 2.54. The maximum Gasteiger partial charge on any atom is 0.419 e. The van der Waals surface area contributed by atoms with Crippen LogP contribution in [0.4, 0.5) is 13.2 Å². The monoisotopic (exact) mass is 290 g/mol. The maximum atomic E-state index is 13.0. The minimum Gasteiger partial charge on any atom is -0.493 e. The lowest BCUT2D eigenvalue weighted by Crippen LogP contribution is -2.16. The van der Waals surface area contributed by atoms with Gasteiger partial charge in [-0.25, -0.2) is 0 Å². The molecule has 0 aliphatic carbocycles. The van der Waals surface area contributed by atoms with Crippen molar-refractivity contribution >= 4 is 0 Å². The van der Waals surface area contributed by atoms with Crippen LogP contribution >= 0.6 is 0 Å². The summed E-state index contributed by atoms with van der Waals surface area (Å²) in [7, 11) is 3.81. The molecule has 0 aliphatic heterocycles. The number of ether oxygens (including phenoxy) is 1. The van der Waals surface area contributed by atoms with Gasteiger partial charge in [0.15, 0.2) is 0 Å². The molecular formula is C14H21F3N2O. The molecular weight excluding hydrogens is 269 g/mol. The summed E-state index contributed by atoms with van der Waals surface area (Å²) in [6.45, 7) is 1.35. The van der Waals surface area contributed by atoms with Crippen molar-refractivity contribution in [2.75, 3.05) is 33.8 Å². The first kappa shape index (κ1) is 16.8. The fraction of sp³-hybridized carbons (Fsp3) is 0.571. The van der Waals surface area contributed by atoms with Gasteiger partial charge in [0.1, 0.15) is 5.75 Å². The highest BCUT2D eigenvalue weighted by Gasteiger charge is 2.34. The Balaban J connectivity index is 2.78. The third-order valence-electron chi connectivity index (χ3n) is 2.79. The highest BCUT2D eigenvalue weighted by Crippen LogP contribution is 2.37. The number of nitrogens with two attached hydrogens (primary N) is 1. The quantitative estimate of drug-likeness (QED) is 0.784. The highest BCUT2D eigenvalue weighted by molar-refractivity contribution is 5.39. The number of hydrogen-bond donors (Lipinski definition) is 1. The normalized spacial score (nSPS) is 11.9. The molecule has 114 valence electrons. The van der Waals surface area contributed by atoms with Gasteiger partial charge in [-0.3, -0.25) is 0 Å². The van der Waals surface area contributed by atoms with Gasteiger partial charge in [0.2, 0.25) is 0 Å². The van der Waals surface area contributed by atoms with Gasteiger partial charge in [-0.15, -0.1) is 0 Å². The van der Waals surface area contributed by atoms with Crippen molar-refractivity contribution in [3.8, 4) is 5.75 Å². The molecule has 0 aliphatic rings. The van der Waals surface area contributed by atoms with Crippen LogP contribution in [0.3, 0.4) is 0 Å².